The van der Waals surface area contributed by atoms with Crippen molar-refractivity contribution in [2.75, 3.05) is 32.4 Å². The molecule has 0 saturated carbocycles. The van der Waals surface area contributed by atoms with Gasteiger partial charge in [-0.05, 0) is 6.92 Å². The molecule has 1 unspecified atom stereocenters. The molecule has 0 aromatic heterocycles. The highest BCUT2D eigenvalue weighted by Crippen LogP contribution is 2.14. The molecule has 104 valence electrons. The van der Waals surface area contributed by atoms with Gasteiger partial charge in [-0.25, -0.2) is 8.42 Å². The number of nitrogens with zero attached hydrogens (tertiary/aromatic N) is 2. The predicted molar refractivity (Wildman–Crippen MR) is 66.3 cm³/mol. The van der Waals surface area contributed by atoms with Crippen LogP contribution in [0.4, 0.5) is 0 Å². The van der Waals surface area contributed by atoms with Crippen molar-refractivity contribution in [2.45, 2.75) is 19.9 Å². The third-order valence-electron chi connectivity index (χ3n) is 2.86. The van der Waals surface area contributed by atoms with E-state index in [-0.39, 0.29) is 24.9 Å². The highest BCUT2D eigenvalue weighted by molar-refractivity contribution is 7.88. The summed E-state index contributed by atoms with van der Waals surface area (Å²) in [5, 5.41) is 2.59. The van der Waals surface area contributed by atoms with E-state index in [2.05, 4.69) is 5.32 Å². The third kappa shape index (κ3) is 3.42. The Bertz CT molecular complexity index is 434. The zero-order chi connectivity index (χ0) is 13.9. The van der Waals surface area contributed by atoms with Gasteiger partial charge in [0.25, 0.3) is 0 Å². The molecule has 0 aliphatic carbocycles. The molecule has 2 amide bonds. The van der Waals surface area contributed by atoms with Crippen LogP contribution in [-0.2, 0) is 19.6 Å². The van der Waals surface area contributed by atoms with Crippen LogP contribution < -0.4 is 5.32 Å². The van der Waals surface area contributed by atoms with Crippen LogP contribution in [0.1, 0.15) is 13.8 Å². The highest BCUT2D eigenvalue weighted by atomic mass is 32.2. The van der Waals surface area contributed by atoms with E-state index in [1.165, 1.54) is 11.8 Å². The maximum atomic E-state index is 11.9. The molecule has 1 N–H and O–H groups in total. The molecule has 0 bridgehead atoms. The summed E-state index contributed by atoms with van der Waals surface area (Å²) >= 11 is 0. The van der Waals surface area contributed by atoms with Gasteiger partial charge < -0.3 is 10.2 Å². The fourth-order valence-corrected chi connectivity index (χ4v) is 2.99. The summed E-state index contributed by atoms with van der Waals surface area (Å²) in [5.74, 6) is -0.522. The number of nitrogens with one attached hydrogen (secondary N) is 1. The number of piperazine rings is 1. The van der Waals surface area contributed by atoms with Crippen molar-refractivity contribution in [1.82, 2.24) is 14.5 Å². The number of hydrogen-bond donors (Lipinski definition) is 1. The van der Waals surface area contributed by atoms with E-state index in [9.17, 15) is 18.0 Å². The van der Waals surface area contributed by atoms with Crippen LogP contribution in [0.2, 0.25) is 0 Å². The van der Waals surface area contributed by atoms with Crippen molar-refractivity contribution < 1.29 is 18.0 Å². The van der Waals surface area contributed by atoms with Gasteiger partial charge in [0.1, 0.15) is 6.04 Å². The summed E-state index contributed by atoms with van der Waals surface area (Å²) in [7, 11) is -3.45. The molecule has 1 aliphatic heterocycles. The van der Waals surface area contributed by atoms with Gasteiger partial charge in [0.2, 0.25) is 21.8 Å². The van der Waals surface area contributed by atoms with Gasteiger partial charge in [-0.3, -0.25) is 9.59 Å². The number of amides is 2. The molecule has 0 radical (unpaired) electrons. The molecule has 1 fully saturated rings. The van der Waals surface area contributed by atoms with Crippen LogP contribution in [-0.4, -0.2) is 67.9 Å². The van der Waals surface area contributed by atoms with Crippen LogP contribution in [0.3, 0.4) is 0 Å². The molecule has 1 saturated heterocycles. The van der Waals surface area contributed by atoms with Crippen molar-refractivity contribution in [3.8, 4) is 0 Å². The van der Waals surface area contributed by atoms with Crippen molar-refractivity contribution in [2.24, 2.45) is 0 Å². The maximum Gasteiger partial charge on any atom is 0.240 e. The minimum atomic E-state index is -3.45. The Morgan fingerprint density at radius 3 is 2.39 bits per heavy atom. The zero-order valence-corrected chi connectivity index (χ0v) is 11.7. The molecule has 1 heterocycles. The summed E-state index contributed by atoms with van der Waals surface area (Å²) in [6.07, 6.45) is 1.07. The van der Waals surface area contributed by atoms with Crippen LogP contribution in [0.15, 0.2) is 0 Å². The molecule has 8 heteroatoms. The molecule has 0 aromatic carbocycles. The lowest BCUT2D eigenvalue weighted by Gasteiger charge is -2.38. The number of rotatable bonds is 3. The largest absolute Gasteiger partial charge is 0.355 e. The lowest BCUT2D eigenvalue weighted by Crippen LogP contribution is -2.61. The van der Waals surface area contributed by atoms with E-state index >= 15 is 0 Å². The van der Waals surface area contributed by atoms with Crippen LogP contribution in [0.5, 0.6) is 0 Å². The van der Waals surface area contributed by atoms with Gasteiger partial charge in [0.15, 0.2) is 0 Å². The summed E-state index contributed by atoms with van der Waals surface area (Å²) in [4.78, 5) is 24.7. The number of carbonyl (C=O) groups excluding carboxylic acids is 2. The first kappa shape index (κ1) is 14.9. The fourth-order valence-electron chi connectivity index (χ4n) is 1.95. The Labute approximate surface area is 107 Å². The third-order valence-corrected chi connectivity index (χ3v) is 4.15. The van der Waals surface area contributed by atoms with E-state index in [1.807, 2.05) is 0 Å². The summed E-state index contributed by atoms with van der Waals surface area (Å²) in [5.41, 5.74) is 0. The Morgan fingerprint density at radius 2 is 1.94 bits per heavy atom. The topological polar surface area (TPSA) is 86.8 Å². The van der Waals surface area contributed by atoms with E-state index in [0.717, 1.165) is 10.6 Å². The molecule has 18 heavy (non-hydrogen) atoms. The predicted octanol–water partition coefficient (Wildman–Crippen LogP) is -1.39. The minimum Gasteiger partial charge on any atom is -0.355 e. The average Bonchev–Trinajstić information content (AvgIpc) is 2.27. The van der Waals surface area contributed by atoms with Gasteiger partial charge >= 0.3 is 0 Å². The minimum absolute atomic E-state index is 0.105. The second kappa shape index (κ2) is 5.66. The highest BCUT2D eigenvalue weighted by Gasteiger charge is 2.37. The standard InChI is InChI=1S/C10H19N3O4S/c1-4-11-10(15)9-7-12(8(2)14)5-6-13(9)18(3,16)17/h9H,4-7H2,1-3H3,(H,11,15). The van der Waals surface area contributed by atoms with Crippen molar-refractivity contribution in [1.29, 1.82) is 0 Å². The first-order valence-electron chi connectivity index (χ1n) is 5.77. The zero-order valence-electron chi connectivity index (χ0n) is 10.8. The molecule has 0 aromatic rings. The SMILES string of the molecule is CCNC(=O)C1CN(C(C)=O)CCN1S(C)(=O)=O. The summed E-state index contributed by atoms with van der Waals surface area (Å²) in [6, 6.07) is -0.836. The Morgan fingerprint density at radius 1 is 1.33 bits per heavy atom. The van der Waals surface area contributed by atoms with Crippen molar-refractivity contribution >= 4 is 21.8 Å². The second-order valence-electron chi connectivity index (χ2n) is 4.25. The summed E-state index contributed by atoms with van der Waals surface area (Å²) in [6.45, 7) is 4.17. The summed E-state index contributed by atoms with van der Waals surface area (Å²) < 4.78 is 24.4. The van der Waals surface area contributed by atoms with E-state index < -0.39 is 16.1 Å². The van der Waals surface area contributed by atoms with E-state index in [4.69, 9.17) is 0 Å². The lowest BCUT2D eigenvalue weighted by atomic mass is 10.2. The Kier molecular flexibility index (Phi) is 4.69. The lowest BCUT2D eigenvalue weighted by molar-refractivity contribution is -0.134. The molecule has 1 aliphatic rings. The average molecular weight is 277 g/mol. The van der Waals surface area contributed by atoms with Gasteiger partial charge in [-0.15, -0.1) is 0 Å². The fraction of sp³-hybridized carbons (Fsp3) is 0.800. The molecular formula is C10H19N3O4S. The Hall–Kier alpha value is -1.15. The van der Waals surface area contributed by atoms with Crippen LogP contribution in [0, 0.1) is 0 Å². The van der Waals surface area contributed by atoms with E-state index in [1.54, 1.807) is 6.92 Å². The number of sulfonamides is 1. The van der Waals surface area contributed by atoms with Gasteiger partial charge in [-0.1, -0.05) is 0 Å². The van der Waals surface area contributed by atoms with Crippen molar-refractivity contribution in [3.05, 3.63) is 0 Å². The second-order valence-corrected chi connectivity index (χ2v) is 6.18. The van der Waals surface area contributed by atoms with Crippen LogP contribution in [0.25, 0.3) is 0 Å². The first-order valence-corrected chi connectivity index (χ1v) is 7.62. The molecular weight excluding hydrogens is 258 g/mol. The number of likely N-dealkylation sites (N-methyl/N-ethyl adjacent to an activating group) is 1. The molecule has 7 nitrogen and oxygen atoms in total. The van der Waals surface area contributed by atoms with Gasteiger partial charge in [0, 0.05) is 33.1 Å². The van der Waals surface area contributed by atoms with Crippen LogP contribution >= 0.6 is 0 Å². The van der Waals surface area contributed by atoms with Gasteiger partial charge in [0.05, 0.1) is 6.26 Å². The number of carbonyl (C=O) groups is 2. The Balaban J connectivity index is 2.93. The molecule has 1 atom stereocenters. The first-order chi connectivity index (χ1) is 8.27. The monoisotopic (exact) mass is 277 g/mol. The normalized spacial score (nSPS) is 21.7. The molecule has 0 spiro atoms. The van der Waals surface area contributed by atoms with Crippen molar-refractivity contribution in [3.63, 3.8) is 0 Å². The van der Waals surface area contributed by atoms with Gasteiger partial charge in [-0.2, -0.15) is 4.31 Å². The smallest absolute Gasteiger partial charge is 0.240 e. The molecule has 1 rings (SSSR count). The quantitative estimate of drug-likeness (QED) is 0.688. The maximum absolute atomic E-state index is 11.9. The number of hydrogen-bond acceptors (Lipinski definition) is 4. The van der Waals surface area contributed by atoms with E-state index in [0.29, 0.717) is 13.1 Å².